The first kappa shape index (κ1) is 12.9. The van der Waals surface area contributed by atoms with E-state index in [1.807, 2.05) is 0 Å². The second-order valence-corrected chi connectivity index (χ2v) is 7.30. The molecule has 0 aliphatic heterocycles. The van der Waals surface area contributed by atoms with E-state index in [-0.39, 0.29) is 0 Å². The van der Waals surface area contributed by atoms with Crippen LogP contribution in [0.2, 0.25) is 0 Å². The van der Waals surface area contributed by atoms with Gasteiger partial charge in [0, 0.05) is 19.8 Å². The van der Waals surface area contributed by atoms with Crippen molar-refractivity contribution in [3.63, 3.8) is 0 Å². The zero-order valence-corrected chi connectivity index (χ0v) is 12.1. The summed E-state index contributed by atoms with van der Waals surface area (Å²) in [5.41, 5.74) is 0.655. The van der Waals surface area contributed by atoms with Crippen LogP contribution in [0.1, 0.15) is 51.9 Å². The minimum atomic E-state index is 0.655. The topological polar surface area (TPSA) is 21.3 Å². The van der Waals surface area contributed by atoms with Gasteiger partial charge in [-0.25, -0.2) is 0 Å². The minimum absolute atomic E-state index is 0.655. The molecular formula is C16H29NO. The summed E-state index contributed by atoms with van der Waals surface area (Å²) in [5, 5.41) is 3.79. The van der Waals surface area contributed by atoms with Crippen molar-refractivity contribution in [1.82, 2.24) is 5.32 Å². The lowest BCUT2D eigenvalue weighted by Gasteiger charge is -2.59. The molecule has 4 aliphatic carbocycles. The van der Waals surface area contributed by atoms with Crippen LogP contribution in [0, 0.1) is 23.2 Å². The number of rotatable bonds is 6. The van der Waals surface area contributed by atoms with Crippen LogP contribution in [-0.2, 0) is 4.74 Å². The van der Waals surface area contributed by atoms with Crippen molar-refractivity contribution in [2.24, 2.45) is 23.2 Å². The van der Waals surface area contributed by atoms with Gasteiger partial charge in [-0.15, -0.1) is 0 Å². The van der Waals surface area contributed by atoms with Gasteiger partial charge in [-0.05, 0) is 81.6 Å². The minimum Gasteiger partial charge on any atom is -0.385 e. The van der Waals surface area contributed by atoms with Gasteiger partial charge >= 0.3 is 0 Å². The van der Waals surface area contributed by atoms with E-state index in [1.165, 1.54) is 19.3 Å². The molecule has 0 saturated heterocycles. The van der Waals surface area contributed by atoms with Crippen LogP contribution in [0.5, 0.6) is 0 Å². The van der Waals surface area contributed by atoms with Gasteiger partial charge in [0.25, 0.3) is 0 Å². The Morgan fingerprint density at radius 1 is 1.11 bits per heavy atom. The van der Waals surface area contributed by atoms with Gasteiger partial charge in [0.05, 0.1) is 0 Å². The van der Waals surface area contributed by atoms with Crippen LogP contribution in [0.3, 0.4) is 0 Å². The molecule has 0 aromatic heterocycles. The molecule has 1 atom stereocenters. The highest BCUT2D eigenvalue weighted by Gasteiger charge is 2.52. The quantitative estimate of drug-likeness (QED) is 0.732. The predicted molar refractivity (Wildman–Crippen MR) is 74.6 cm³/mol. The van der Waals surface area contributed by atoms with Crippen LogP contribution < -0.4 is 5.32 Å². The fourth-order valence-electron chi connectivity index (χ4n) is 5.46. The Morgan fingerprint density at radius 2 is 1.67 bits per heavy atom. The van der Waals surface area contributed by atoms with Crippen LogP contribution in [-0.4, -0.2) is 26.3 Å². The predicted octanol–water partition coefficient (Wildman–Crippen LogP) is 3.22. The van der Waals surface area contributed by atoms with Crippen molar-refractivity contribution < 1.29 is 4.74 Å². The van der Waals surface area contributed by atoms with Crippen molar-refractivity contribution in [3.05, 3.63) is 0 Å². The van der Waals surface area contributed by atoms with Gasteiger partial charge in [0.2, 0.25) is 0 Å². The number of ether oxygens (including phenoxy) is 1. The average molecular weight is 251 g/mol. The molecule has 0 heterocycles. The molecule has 1 unspecified atom stereocenters. The normalized spacial score (nSPS) is 43.3. The molecule has 4 saturated carbocycles. The highest BCUT2D eigenvalue weighted by Crippen LogP contribution is 2.61. The molecule has 4 aliphatic rings. The third-order valence-electron chi connectivity index (χ3n) is 5.98. The molecule has 0 amide bonds. The number of nitrogens with one attached hydrogen (secondary N) is 1. The molecule has 0 aromatic carbocycles. The number of hydrogen-bond donors (Lipinski definition) is 1. The third kappa shape index (κ3) is 2.34. The van der Waals surface area contributed by atoms with Gasteiger partial charge in [0.15, 0.2) is 0 Å². The highest BCUT2D eigenvalue weighted by molar-refractivity contribution is 5.05. The Bertz CT molecular complexity index is 254. The van der Waals surface area contributed by atoms with E-state index in [2.05, 4.69) is 12.2 Å². The molecule has 4 fully saturated rings. The van der Waals surface area contributed by atoms with Crippen LogP contribution in [0.25, 0.3) is 0 Å². The molecule has 2 heteroatoms. The zero-order chi connectivity index (χ0) is 12.6. The fraction of sp³-hybridized carbons (Fsp3) is 1.00. The van der Waals surface area contributed by atoms with E-state index in [4.69, 9.17) is 4.74 Å². The number of methoxy groups -OCH3 is 1. The molecule has 18 heavy (non-hydrogen) atoms. The van der Waals surface area contributed by atoms with Crippen molar-refractivity contribution in [2.75, 3.05) is 20.3 Å². The highest BCUT2D eigenvalue weighted by atomic mass is 16.5. The lowest BCUT2D eigenvalue weighted by molar-refractivity contribution is -0.0704. The summed E-state index contributed by atoms with van der Waals surface area (Å²) in [6.07, 6.45) is 10.3. The van der Waals surface area contributed by atoms with Crippen LogP contribution in [0.15, 0.2) is 0 Å². The van der Waals surface area contributed by atoms with Crippen LogP contribution in [0.4, 0.5) is 0 Å². The van der Waals surface area contributed by atoms with Crippen LogP contribution >= 0.6 is 0 Å². The Labute approximate surface area is 112 Å². The largest absolute Gasteiger partial charge is 0.385 e. The standard InChI is InChI=1S/C16H29NO/c1-12(17-4-3-5-18-2)16-9-13-6-14(10-16)8-15(7-13)11-16/h12-15,17H,3-11H2,1-2H3. The van der Waals surface area contributed by atoms with E-state index in [0.29, 0.717) is 11.5 Å². The first-order valence-corrected chi connectivity index (χ1v) is 7.94. The Morgan fingerprint density at radius 3 is 2.17 bits per heavy atom. The van der Waals surface area contributed by atoms with Gasteiger partial charge < -0.3 is 10.1 Å². The van der Waals surface area contributed by atoms with Gasteiger partial charge in [-0.2, -0.15) is 0 Å². The first-order chi connectivity index (χ1) is 8.72. The van der Waals surface area contributed by atoms with Gasteiger partial charge in [-0.1, -0.05) is 0 Å². The summed E-state index contributed by atoms with van der Waals surface area (Å²) in [5.74, 6) is 3.21. The van der Waals surface area contributed by atoms with E-state index >= 15 is 0 Å². The maximum Gasteiger partial charge on any atom is 0.0474 e. The second-order valence-electron chi connectivity index (χ2n) is 7.30. The maximum absolute atomic E-state index is 5.13. The molecule has 104 valence electrons. The first-order valence-electron chi connectivity index (χ1n) is 7.94. The molecule has 0 aromatic rings. The number of hydrogen-bond acceptors (Lipinski definition) is 2. The average Bonchev–Trinajstić information content (AvgIpc) is 2.32. The molecule has 4 rings (SSSR count). The molecule has 0 radical (unpaired) electrons. The Hall–Kier alpha value is -0.0800. The molecule has 2 nitrogen and oxygen atoms in total. The van der Waals surface area contributed by atoms with E-state index in [0.717, 1.165) is 37.3 Å². The van der Waals surface area contributed by atoms with Crippen molar-refractivity contribution in [3.8, 4) is 0 Å². The smallest absolute Gasteiger partial charge is 0.0474 e. The summed E-state index contributed by atoms with van der Waals surface area (Å²) in [7, 11) is 1.79. The monoisotopic (exact) mass is 251 g/mol. The summed E-state index contributed by atoms with van der Waals surface area (Å²) in [6, 6.07) is 0.711. The lowest BCUT2D eigenvalue weighted by atomic mass is 9.48. The van der Waals surface area contributed by atoms with Crippen molar-refractivity contribution in [2.45, 2.75) is 57.9 Å². The summed E-state index contributed by atoms with van der Waals surface area (Å²) in [4.78, 5) is 0. The molecule has 0 spiro atoms. The molecule has 1 N–H and O–H groups in total. The summed E-state index contributed by atoms with van der Waals surface area (Å²) < 4.78 is 5.13. The lowest BCUT2D eigenvalue weighted by Crippen LogP contribution is -2.55. The fourth-order valence-corrected chi connectivity index (χ4v) is 5.46. The summed E-state index contributed by atoms with van der Waals surface area (Å²) >= 11 is 0. The van der Waals surface area contributed by atoms with E-state index < -0.39 is 0 Å². The SMILES string of the molecule is COCCCNC(C)C12CC3CC(CC(C3)C1)C2. The summed E-state index contributed by atoms with van der Waals surface area (Å²) in [6.45, 7) is 4.46. The Kier molecular flexibility index (Phi) is 3.68. The zero-order valence-electron chi connectivity index (χ0n) is 12.1. The van der Waals surface area contributed by atoms with E-state index in [9.17, 15) is 0 Å². The molecular weight excluding hydrogens is 222 g/mol. The van der Waals surface area contributed by atoms with Gasteiger partial charge in [0.1, 0.15) is 0 Å². The Balaban J connectivity index is 1.57. The van der Waals surface area contributed by atoms with Crippen molar-refractivity contribution >= 4 is 0 Å². The van der Waals surface area contributed by atoms with E-state index in [1.54, 1.807) is 26.4 Å². The van der Waals surface area contributed by atoms with Gasteiger partial charge in [-0.3, -0.25) is 0 Å². The third-order valence-corrected chi connectivity index (χ3v) is 5.98. The van der Waals surface area contributed by atoms with Crippen molar-refractivity contribution in [1.29, 1.82) is 0 Å². The second kappa shape index (κ2) is 5.13. The maximum atomic E-state index is 5.13. The molecule has 4 bridgehead atoms.